The predicted octanol–water partition coefficient (Wildman–Crippen LogP) is 1.49. The zero-order chi connectivity index (χ0) is 13.1. The lowest BCUT2D eigenvalue weighted by molar-refractivity contribution is 0.102. The molecule has 7 heteroatoms. The van der Waals surface area contributed by atoms with Gasteiger partial charge in [-0.15, -0.1) is 0 Å². The van der Waals surface area contributed by atoms with Crippen LogP contribution in [-0.2, 0) is 0 Å². The highest BCUT2D eigenvalue weighted by atomic mass is 79.9. The average Bonchev–Trinajstić information content (AvgIpc) is 2.27. The number of anilines is 1. The Kier molecular flexibility index (Phi) is 3.42. The number of pyridine rings is 2. The summed E-state index contributed by atoms with van der Waals surface area (Å²) in [5, 5.41) is 11.7. The van der Waals surface area contributed by atoms with E-state index in [2.05, 4.69) is 31.2 Å². The van der Waals surface area contributed by atoms with Gasteiger partial charge in [-0.25, -0.2) is 4.98 Å². The molecule has 0 fully saturated rings. The van der Waals surface area contributed by atoms with Gasteiger partial charge in [-0.1, -0.05) is 15.9 Å². The quantitative estimate of drug-likeness (QED) is 0.783. The molecule has 92 valence electrons. The fraction of sp³-hybridized carbons (Fsp3) is 0. The summed E-state index contributed by atoms with van der Waals surface area (Å²) in [7, 11) is 0. The van der Waals surface area contributed by atoms with Gasteiger partial charge in [0.2, 0.25) is 0 Å². The number of rotatable bonds is 2. The normalized spacial score (nSPS) is 10.1. The first-order chi connectivity index (χ1) is 8.54. The van der Waals surface area contributed by atoms with Crippen LogP contribution in [0.3, 0.4) is 0 Å². The maximum absolute atomic E-state index is 11.8. The molecule has 0 spiro atoms. The number of carbonyl (C=O) groups excluding carboxylic acids is 1. The molecule has 0 saturated carbocycles. The minimum Gasteiger partial charge on any atom is -0.494 e. The largest absolute Gasteiger partial charge is 0.494 e. The Balaban J connectivity index is 2.24. The maximum atomic E-state index is 11.8. The molecule has 2 rings (SSSR count). The number of aromatic amines is 1. The van der Waals surface area contributed by atoms with Crippen molar-refractivity contribution < 1.29 is 9.90 Å². The van der Waals surface area contributed by atoms with E-state index in [1.54, 1.807) is 12.1 Å². The summed E-state index contributed by atoms with van der Waals surface area (Å²) in [6.45, 7) is 0. The van der Waals surface area contributed by atoms with E-state index in [0.29, 0.717) is 5.82 Å². The third-order valence-electron chi connectivity index (χ3n) is 2.06. The van der Waals surface area contributed by atoms with Gasteiger partial charge < -0.3 is 10.4 Å². The van der Waals surface area contributed by atoms with Crippen LogP contribution in [0.5, 0.6) is 5.88 Å². The number of hydrogen-bond donors (Lipinski definition) is 3. The molecular formula is C11H8BrN3O3. The number of nitrogens with zero attached hydrogens (tertiary/aromatic N) is 1. The van der Waals surface area contributed by atoms with Gasteiger partial charge in [-0.2, -0.15) is 0 Å². The van der Waals surface area contributed by atoms with Gasteiger partial charge >= 0.3 is 0 Å². The van der Waals surface area contributed by atoms with Crippen molar-refractivity contribution >= 4 is 27.7 Å². The molecule has 0 aliphatic heterocycles. The third kappa shape index (κ3) is 2.95. The van der Waals surface area contributed by atoms with Crippen molar-refractivity contribution in [2.75, 3.05) is 5.32 Å². The smallest absolute Gasteiger partial charge is 0.257 e. The maximum Gasteiger partial charge on any atom is 0.257 e. The second-order valence-electron chi connectivity index (χ2n) is 3.43. The Morgan fingerprint density at radius 2 is 2.17 bits per heavy atom. The van der Waals surface area contributed by atoms with Crippen LogP contribution in [0.2, 0.25) is 0 Å². The van der Waals surface area contributed by atoms with Crippen LogP contribution in [0.1, 0.15) is 10.4 Å². The molecule has 0 aromatic carbocycles. The van der Waals surface area contributed by atoms with Crippen molar-refractivity contribution in [2.24, 2.45) is 0 Å². The molecule has 1 amide bonds. The summed E-state index contributed by atoms with van der Waals surface area (Å²) in [5.41, 5.74) is -0.500. The van der Waals surface area contributed by atoms with Crippen LogP contribution in [0.25, 0.3) is 0 Å². The molecule has 0 saturated heterocycles. The van der Waals surface area contributed by atoms with E-state index in [1.165, 1.54) is 6.20 Å². The third-order valence-corrected chi connectivity index (χ3v) is 2.55. The zero-order valence-electron chi connectivity index (χ0n) is 8.98. The summed E-state index contributed by atoms with van der Waals surface area (Å²) in [6, 6.07) is 5.58. The first-order valence-electron chi connectivity index (χ1n) is 4.91. The molecule has 2 aromatic heterocycles. The molecule has 2 aromatic rings. The van der Waals surface area contributed by atoms with Crippen LogP contribution >= 0.6 is 15.9 Å². The molecule has 6 nitrogen and oxygen atoms in total. The highest BCUT2D eigenvalue weighted by Gasteiger charge is 2.09. The van der Waals surface area contributed by atoms with E-state index in [9.17, 15) is 14.7 Å². The van der Waals surface area contributed by atoms with E-state index in [0.717, 1.165) is 16.6 Å². The number of H-pyrrole nitrogens is 1. The fourth-order valence-electron chi connectivity index (χ4n) is 1.32. The number of halogens is 1. The highest BCUT2D eigenvalue weighted by molar-refractivity contribution is 9.10. The molecule has 0 unspecified atom stereocenters. The number of amides is 1. The molecule has 0 radical (unpaired) electrons. The van der Waals surface area contributed by atoms with Crippen LogP contribution in [0, 0.1) is 0 Å². The van der Waals surface area contributed by atoms with Crippen LogP contribution in [0.4, 0.5) is 5.82 Å². The summed E-state index contributed by atoms with van der Waals surface area (Å²) >= 11 is 3.25. The van der Waals surface area contributed by atoms with Gasteiger partial charge in [0.05, 0.1) is 5.56 Å². The lowest BCUT2D eigenvalue weighted by atomic mass is 10.2. The van der Waals surface area contributed by atoms with Gasteiger partial charge in [0.15, 0.2) is 5.88 Å². The lowest BCUT2D eigenvalue weighted by Crippen LogP contribution is -2.16. The van der Waals surface area contributed by atoms with Gasteiger partial charge in [0, 0.05) is 22.8 Å². The number of aromatic nitrogens is 2. The second kappa shape index (κ2) is 5.01. The van der Waals surface area contributed by atoms with Crippen LogP contribution < -0.4 is 10.9 Å². The minimum absolute atomic E-state index is 0.0537. The Bertz CT molecular complexity index is 654. The van der Waals surface area contributed by atoms with Gasteiger partial charge in [0.25, 0.3) is 11.5 Å². The van der Waals surface area contributed by atoms with E-state index in [-0.39, 0.29) is 11.4 Å². The van der Waals surface area contributed by atoms with Crippen molar-refractivity contribution in [3.05, 3.63) is 50.9 Å². The fourth-order valence-corrected chi connectivity index (χ4v) is 1.66. The monoisotopic (exact) mass is 309 g/mol. The Hall–Kier alpha value is -2.15. The Labute approximate surface area is 110 Å². The minimum atomic E-state index is -0.553. The molecule has 0 aliphatic carbocycles. The lowest BCUT2D eigenvalue weighted by Gasteiger charge is -2.04. The van der Waals surface area contributed by atoms with Crippen molar-refractivity contribution in [3.63, 3.8) is 0 Å². The molecule has 0 aliphatic rings. The standard InChI is InChI=1S/C11H8BrN3O3/c12-7-1-2-13-8(5-7)14-11(18)6-3-9(16)15-10(17)4-6/h1-5H,(H,13,14,18)(H2,15,16,17). The zero-order valence-corrected chi connectivity index (χ0v) is 10.6. The van der Waals surface area contributed by atoms with Crippen molar-refractivity contribution in [2.45, 2.75) is 0 Å². The highest BCUT2D eigenvalue weighted by Crippen LogP contribution is 2.14. The summed E-state index contributed by atoms with van der Waals surface area (Å²) in [6.07, 6.45) is 1.52. The molecule has 3 N–H and O–H groups in total. The summed E-state index contributed by atoms with van der Waals surface area (Å²) < 4.78 is 0.765. The number of hydrogen-bond acceptors (Lipinski definition) is 4. The Morgan fingerprint density at radius 1 is 1.39 bits per heavy atom. The first kappa shape index (κ1) is 12.3. The van der Waals surface area contributed by atoms with E-state index in [1.807, 2.05) is 0 Å². The Morgan fingerprint density at radius 3 is 2.83 bits per heavy atom. The van der Waals surface area contributed by atoms with Crippen molar-refractivity contribution in [3.8, 4) is 5.88 Å². The number of nitrogens with one attached hydrogen (secondary N) is 2. The number of aromatic hydroxyl groups is 1. The predicted molar refractivity (Wildman–Crippen MR) is 68.6 cm³/mol. The van der Waals surface area contributed by atoms with Crippen molar-refractivity contribution in [1.29, 1.82) is 0 Å². The molecular weight excluding hydrogens is 302 g/mol. The molecule has 2 heterocycles. The topological polar surface area (TPSA) is 95.1 Å². The first-order valence-corrected chi connectivity index (χ1v) is 5.70. The van der Waals surface area contributed by atoms with Crippen LogP contribution in [-0.4, -0.2) is 21.0 Å². The molecule has 18 heavy (non-hydrogen) atoms. The molecule has 0 bridgehead atoms. The number of carbonyl (C=O) groups is 1. The second-order valence-corrected chi connectivity index (χ2v) is 4.35. The van der Waals surface area contributed by atoms with Gasteiger partial charge in [-0.3, -0.25) is 14.6 Å². The average molecular weight is 310 g/mol. The molecule has 0 atom stereocenters. The van der Waals surface area contributed by atoms with Gasteiger partial charge in [-0.05, 0) is 12.1 Å². The summed E-state index contributed by atoms with van der Waals surface area (Å²) in [4.78, 5) is 29.0. The van der Waals surface area contributed by atoms with E-state index >= 15 is 0 Å². The summed E-state index contributed by atoms with van der Waals surface area (Å²) in [5.74, 6) is -0.550. The van der Waals surface area contributed by atoms with E-state index in [4.69, 9.17) is 0 Å². The SMILES string of the molecule is O=C(Nc1cc(Br)ccn1)c1cc(O)[nH]c(=O)c1. The van der Waals surface area contributed by atoms with E-state index < -0.39 is 11.5 Å². The van der Waals surface area contributed by atoms with Gasteiger partial charge in [0.1, 0.15) is 5.82 Å². The van der Waals surface area contributed by atoms with Crippen molar-refractivity contribution in [1.82, 2.24) is 9.97 Å². The van der Waals surface area contributed by atoms with Crippen LogP contribution in [0.15, 0.2) is 39.7 Å².